The molecule has 1 aromatic carbocycles. The van der Waals surface area contributed by atoms with Crippen molar-refractivity contribution in [2.75, 3.05) is 5.32 Å². The topological polar surface area (TPSA) is 92.9 Å². The minimum atomic E-state index is -0.423. The summed E-state index contributed by atoms with van der Waals surface area (Å²) in [6.07, 6.45) is 0. The number of benzene rings is 1. The second kappa shape index (κ2) is 7.08. The van der Waals surface area contributed by atoms with E-state index in [9.17, 15) is 9.18 Å². The van der Waals surface area contributed by atoms with Crippen molar-refractivity contribution in [1.82, 2.24) is 20.4 Å². The number of carbonyl (C=O) groups excluding carboxylic acids is 1. The molecule has 0 saturated heterocycles. The predicted molar refractivity (Wildman–Crippen MR) is 88.9 cm³/mol. The fraction of sp³-hybridized carbons (Fsp3) is 0.176. The van der Waals surface area contributed by atoms with Crippen LogP contribution in [0.5, 0.6) is 0 Å². The van der Waals surface area contributed by atoms with Crippen LogP contribution in [0.3, 0.4) is 0 Å². The van der Waals surface area contributed by atoms with Crippen LogP contribution in [0, 0.1) is 19.7 Å². The van der Waals surface area contributed by atoms with Crippen LogP contribution < -0.4 is 10.6 Å². The van der Waals surface area contributed by atoms with Crippen molar-refractivity contribution in [3.05, 3.63) is 64.9 Å². The van der Waals surface area contributed by atoms with Gasteiger partial charge in [0.2, 0.25) is 5.95 Å². The van der Waals surface area contributed by atoms with Crippen molar-refractivity contribution in [1.29, 1.82) is 0 Å². The summed E-state index contributed by atoms with van der Waals surface area (Å²) >= 11 is 0. The highest BCUT2D eigenvalue weighted by molar-refractivity contribution is 5.92. The van der Waals surface area contributed by atoms with Crippen LogP contribution >= 0.6 is 0 Å². The Hall–Kier alpha value is -3.29. The fourth-order valence-electron chi connectivity index (χ4n) is 2.19. The molecule has 0 unspecified atom stereocenters. The van der Waals surface area contributed by atoms with E-state index in [2.05, 4.69) is 25.8 Å². The van der Waals surface area contributed by atoms with Crippen molar-refractivity contribution >= 4 is 17.7 Å². The van der Waals surface area contributed by atoms with Gasteiger partial charge in [-0.05, 0) is 26.0 Å². The summed E-state index contributed by atoms with van der Waals surface area (Å²) in [4.78, 5) is 20.7. The Bertz CT molecular complexity index is 910. The van der Waals surface area contributed by atoms with Gasteiger partial charge in [-0.3, -0.25) is 4.79 Å². The molecule has 0 atom stereocenters. The molecule has 3 aromatic rings. The molecule has 0 bridgehead atoms. The molecule has 3 rings (SSSR count). The molecule has 0 aliphatic rings. The summed E-state index contributed by atoms with van der Waals surface area (Å²) in [6, 6.07) is 9.50. The number of halogens is 1. The van der Waals surface area contributed by atoms with Crippen LogP contribution in [0.4, 0.5) is 16.2 Å². The monoisotopic (exact) mass is 341 g/mol. The molecular weight excluding hydrogens is 325 g/mol. The van der Waals surface area contributed by atoms with E-state index in [1.165, 1.54) is 6.07 Å². The van der Waals surface area contributed by atoms with Crippen LogP contribution in [0.2, 0.25) is 0 Å². The number of carbonyl (C=O) groups is 1. The number of rotatable bonds is 5. The number of hydrogen-bond donors (Lipinski definition) is 2. The quantitative estimate of drug-likeness (QED) is 0.741. The Morgan fingerprint density at radius 1 is 1.20 bits per heavy atom. The highest BCUT2D eigenvalue weighted by Gasteiger charge is 2.12. The molecule has 128 valence electrons. The Kier molecular flexibility index (Phi) is 4.69. The highest BCUT2D eigenvalue weighted by Crippen LogP contribution is 2.14. The zero-order valence-corrected chi connectivity index (χ0v) is 13.7. The molecule has 25 heavy (non-hydrogen) atoms. The third-order valence-corrected chi connectivity index (χ3v) is 3.35. The first-order valence-corrected chi connectivity index (χ1v) is 7.59. The van der Waals surface area contributed by atoms with Crippen LogP contribution in [0.25, 0.3) is 0 Å². The van der Waals surface area contributed by atoms with E-state index in [0.29, 0.717) is 22.8 Å². The molecular formula is C17H16FN5O2. The average molecular weight is 341 g/mol. The summed E-state index contributed by atoms with van der Waals surface area (Å²) in [5, 5.41) is 9.32. The lowest BCUT2D eigenvalue weighted by atomic mass is 10.2. The van der Waals surface area contributed by atoms with E-state index in [-0.39, 0.29) is 24.0 Å². The summed E-state index contributed by atoms with van der Waals surface area (Å²) in [5.41, 5.74) is 1.18. The number of nitrogens with one attached hydrogen (secondary N) is 2. The van der Waals surface area contributed by atoms with Crippen LogP contribution in [0.1, 0.15) is 27.5 Å². The minimum absolute atomic E-state index is 0.0692. The fourth-order valence-corrected chi connectivity index (χ4v) is 2.19. The van der Waals surface area contributed by atoms with Gasteiger partial charge in [0.25, 0.3) is 5.91 Å². The normalized spacial score (nSPS) is 10.5. The van der Waals surface area contributed by atoms with Gasteiger partial charge < -0.3 is 15.2 Å². The number of anilines is 2. The Morgan fingerprint density at radius 3 is 2.72 bits per heavy atom. The van der Waals surface area contributed by atoms with E-state index >= 15 is 0 Å². The molecule has 0 spiro atoms. The number of aromatic nitrogens is 3. The maximum absolute atomic E-state index is 13.6. The predicted octanol–water partition coefficient (Wildman–Crippen LogP) is 2.89. The average Bonchev–Trinajstić information content (AvgIpc) is 2.98. The van der Waals surface area contributed by atoms with Gasteiger partial charge in [0, 0.05) is 23.9 Å². The van der Waals surface area contributed by atoms with Gasteiger partial charge in [-0.1, -0.05) is 23.4 Å². The molecule has 1 amide bonds. The summed E-state index contributed by atoms with van der Waals surface area (Å²) in [7, 11) is 0. The largest absolute Gasteiger partial charge is 0.360 e. The molecule has 2 N–H and O–H groups in total. The van der Waals surface area contributed by atoms with Crippen LogP contribution in [0.15, 0.2) is 40.9 Å². The van der Waals surface area contributed by atoms with E-state index < -0.39 is 5.91 Å². The second-order valence-corrected chi connectivity index (χ2v) is 5.44. The van der Waals surface area contributed by atoms with Gasteiger partial charge in [-0.15, -0.1) is 0 Å². The maximum Gasteiger partial charge on any atom is 0.270 e. The first-order valence-electron chi connectivity index (χ1n) is 7.59. The molecule has 0 aliphatic heterocycles. The molecule has 8 heteroatoms. The lowest BCUT2D eigenvalue weighted by Crippen LogP contribution is -2.25. The lowest BCUT2D eigenvalue weighted by Gasteiger charge is -2.08. The summed E-state index contributed by atoms with van der Waals surface area (Å²) in [6.45, 7) is 3.57. The van der Waals surface area contributed by atoms with E-state index in [1.54, 1.807) is 44.2 Å². The summed E-state index contributed by atoms with van der Waals surface area (Å²) < 4.78 is 18.6. The Morgan fingerprint density at radius 2 is 2.00 bits per heavy atom. The number of aryl methyl sites for hydroxylation is 2. The third kappa shape index (κ3) is 4.17. The molecule has 2 heterocycles. The number of nitrogens with zero attached hydrogens (tertiary/aromatic N) is 3. The second-order valence-electron chi connectivity index (χ2n) is 5.44. The van der Waals surface area contributed by atoms with Gasteiger partial charge in [0.1, 0.15) is 17.3 Å². The van der Waals surface area contributed by atoms with Gasteiger partial charge in [0.05, 0.1) is 0 Å². The van der Waals surface area contributed by atoms with Gasteiger partial charge in [-0.2, -0.15) is 0 Å². The SMILES string of the molecule is Cc1cc(C(=O)NCc2ccccc2F)nc(Nc2cc(C)on2)n1. The number of amides is 1. The molecule has 0 saturated carbocycles. The first kappa shape index (κ1) is 16.6. The Labute approximate surface area is 143 Å². The molecule has 7 nitrogen and oxygen atoms in total. The smallest absolute Gasteiger partial charge is 0.270 e. The van der Waals surface area contributed by atoms with E-state index in [1.807, 2.05) is 0 Å². The first-order chi connectivity index (χ1) is 12.0. The summed E-state index contributed by atoms with van der Waals surface area (Å²) in [5.74, 6) is 0.515. The van der Waals surface area contributed by atoms with Crippen LogP contribution in [-0.2, 0) is 6.54 Å². The van der Waals surface area contributed by atoms with Crippen molar-refractivity contribution in [3.8, 4) is 0 Å². The highest BCUT2D eigenvalue weighted by atomic mass is 19.1. The number of hydrogen-bond acceptors (Lipinski definition) is 6. The standard InChI is InChI=1S/C17H16FN5O2/c1-10-7-14(16(24)19-9-12-5-3-4-6-13(12)18)21-17(20-10)22-15-8-11(2)25-23-15/h3-8H,9H2,1-2H3,(H,19,24)(H,20,21,22,23). The van der Waals surface area contributed by atoms with Crippen LogP contribution in [-0.4, -0.2) is 21.0 Å². The van der Waals surface area contributed by atoms with E-state index in [0.717, 1.165) is 0 Å². The minimum Gasteiger partial charge on any atom is -0.360 e. The molecule has 0 radical (unpaired) electrons. The van der Waals surface area contributed by atoms with Gasteiger partial charge >= 0.3 is 0 Å². The lowest BCUT2D eigenvalue weighted by molar-refractivity contribution is 0.0945. The van der Waals surface area contributed by atoms with Crippen molar-refractivity contribution < 1.29 is 13.7 Å². The third-order valence-electron chi connectivity index (χ3n) is 3.35. The van der Waals surface area contributed by atoms with Crippen molar-refractivity contribution in [2.45, 2.75) is 20.4 Å². The molecule has 2 aromatic heterocycles. The maximum atomic E-state index is 13.6. The zero-order chi connectivity index (χ0) is 17.8. The molecule has 0 fully saturated rings. The van der Waals surface area contributed by atoms with Crippen molar-refractivity contribution in [2.24, 2.45) is 0 Å². The van der Waals surface area contributed by atoms with Gasteiger partial charge in [0.15, 0.2) is 5.82 Å². The Balaban J connectivity index is 1.72. The van der Waals surface area contributed by atoms with Crippen molar-refractivity contribution in [3.63, 3.8) is 0 Å². The molecule has 0 aliphatic carbocycles. The van der Waals surface area contributed by atoms with E-state index in [4.69, 9.17) is 4.52 Å². The van der Waals surface area contributed by atoms with Gasteiger partial charge in [-0.25, -0.2) is 14.4 Å². The zero-order valence-electron chi connectivity index (χ0n) is 13.7.